The van der Waals surface area contributed by atoms with Crippen LogP contribution in [0.2, 0.25) is 0 Å². The fraction of sp³-hybridized carbons (Fsp3) is 0.583. The molecule has 0 bridgehead atoms. The number of halogens is 12. The molecule has 0 spiro atoms. The Morgan fingerprint density at radius 1 is 0.755 bits per heavy atom. The molecule has 0 unspecified atom stereocenters. The molecule has 2 aromatic carbocycles. The summed E-state index contributed by atoms with van der Waals surface area (Å²) in [4.78, 5) is 18.4. The molecule has 2 heterocycles. The minimum absolute atomic E-state index is 0.0138. The van der Waals surface area contributed by atoms with Crippen molar-refractivity contribution in [2.24, 2.45) is 0 Å². The van der Waals surface area contributed by atoms with Gasteiger partial charge in [0.1, 0.15) is 0 Å². The van der Waals surface area contributed by atoms with Crippen molar-refractivity contribution >= 4 is 87.3 Å². The third-order valence-electron chi connectivity index (χ3n) is 10.2. The van der Waals surface area contributed by atoms with E-state index >= 15 is 0 Å². The molecule has 1 atom stereocenters. The van der Waals surface area contributed by atoms with Crippen LogP contribution in [0, 0.1) is 10.8 Å². The van der Waals surface area contributed by atoms with Gasteiger partial charge in [0.25, 0.3) is 0 Å². The summed E-state index contributed by atoms with van der Waals surface area (Å²) in [7, 11) is 0. The van der Waals surface area contributed by atoms with Gasteiger partial charge in [0, 0.05) is 35.4 Å². The van der Waals surface area contributed by atoms with Gasteiger partial charge >= 0.3 is 12.4 Å². The van der Waals surface area contributed by atoms with Crippen molar-refractivity contribution in [1.82, 2.24) is 9.80 Å². The van der Waals surface area contributed by atoms with E-state index in [0.717, 1.165) is 39.0 Å². The van der Waals surface area contributed by atoms with Crippen LogP contribution in [-0.2, 0) is 36.6 Å². The van der Waals surface area contributed by atoms with E-state index in [0.29, 0.717) is 36.7 Å². The van der Waals surface area contributed by atoms with Crippen molar-refractivity contribution < 1.29 is 31.1 Å². The Morgan fingerprint density at radius 2 is 1.32 bits per heavy atom. The quantitative estimate of drug-likeness (QED) is 0.120. The van der Waals surface area contributed by atoms with Crippen LogP contribution in [0.3, 0.4) is 0 Å². The standard InChI is InChI=1S/C36H40Cl6F6N4O/c37-33(38,39)28-6-5-24(21-29(28)34(40,41)42)32(9-4-11-49,10-16-51-14-7-27(8-15-51)52-12-2-1-3-13-52)22-30(50)31(53)19-23-17-25(35(43,44)45)20-26(18-23)36(46,47)48/h5-6,11,17-18,20-21,27,49-50H,1-4,7-10,12-16,19,22H2/t32-/m0/s1. The number of carbonyl (C=O) groups is 1. The molecule has 2 N–H and O–H groups in total. The van der Waals surface area contributed by atoms with Crippen molar-refractivity contribution in [2.45, 2.75) is 95.6 Å². The molecule has 0 aliphatic carbocycles. The second kappa shape index (κ2) is 17.9. The molecule has 5 nitrogen and oxygen atoms in total. The molecular formula is C36H40Cl6F6N4O. The Kier molecular flexibility index (Phi) is 15.0. The number of rotatable bonds is 13. The van der Waals surface area contributed by atoms with Crippen LogP contribution in [-0.4, -0.2) is 66.3 Å². The van der Waals surface area contributed by atoms with Gasteiger partial charge in [-0.25, -0.2) is 0 Å². The molecule has 294 valence electrons. The average molecular weight is 871 g/mol. The first-order valence-electron chi connectivity index (χ1n) is 17.2. The van der Waals surface area contributed by atoms with Crippen molar-refractivity contribution in [2.75, 3.05) is 32.7 Å². The van der Waals surface area contributed by atoms with Gasteiger partial charge in [0.05, 0.1) is 16.8 Å². The van der Waals surface area contributed by atoms with E-state index in [1.165, 1.54) is 37.6 Å². The summed E-state index contributed by atoms with van der Waals surface area (Å²) in [6.45, 7) is 4.30. The molecule has 2 aliphatic heterocycles. The average Bonchev–Trinajstić information content (AvgIpc) is 3.08. The van der Waals surface area contributed by atoms with Crippen LogP contribution in [0.25, 0.3) is 0 Å². The van der Waals surface area contributed by atoms with E-state index in [9.17, 15) is 31.1 Å². The van der Waals surface area contributed by atoms with E-state index in [2.05, 4.69) is 9.80 Å². The van der Waals surface area contributed by atoms with Crippen LogP contribution in [0.1, 0.15) is 91.2 Å². The smallest absolute Gasteiger partial charge is 0.313 e. The Labute approximate surface area is 335 Å². The number of hydrogen-bond acceptors (Lipinski definition) is 5. The second-order valence-electron chi connectivity index (χ2n) is 13.9. The van der Waals surface area contributed by atoms with Gasteiger partial charge in [-0.05, 0) is 113 Å². The lowest BCUT2D eigenvalue weighted by Gasteiger charge is -2.42. The number of nitrogens with one attached hydrogen (secondary N) is 2. The summed E-state index contributed by atoms with van der Waals surface area (Å²) >= 11 is 37.8. The molecule has 2 aliphatic rings. The maximum absolute atomic E-state index is 13.6. The summed E-state index contributed by atoms with van der Waals surface area (Å²) in [6.07, 6.45) is -3.86. The van der Waals surface area contributed by atoms with Gasteiger partial charge in [0.2, 0.25) is 7.59 Å². The highest BCUT2D eigenvalue weighted by atomic mass is 35.6. The second-order valence-corrected chi connectivity index (χ2v) is 18.4. The van der Waals surface area contributed by atoms with Crippen LogP contribution < -0.4 is 0 Å². The lowest BCUT2D eigenvalue weighted by atomic mass is 9.69. The molecule has 2 saturated heterocycles. The van der Waals surface area contributed by atoms with Crippen molar-refractivity contribution in [3.8, 4) is 0 Å². The lowest BCUT2D eigenvalue weighted by molar-refractivity contribution is -0.143. The zero-order valence-electron chi connectivity index (χ0n) is 28.6. The zero-order valence-corrected chi connectivity index (χ0v) is 33.1. The summed E-state index contributed by atoms with van der Waals surface area (Å²) in [5, 5.41) is 16.8. The molecule has 0 saturated carbocycles. The number of ketones is 1. The highest BCUT2D eigenvalue weighted by Gasteiger charge is 2.41. The normalized spacial score (nSPS) is 18.5. The van der Waals surface area contributed by atoms with Crippen LogP contribution in [0.5, 0.6) is 0 Å². The topological polar surface area (TPSA) is 71.2 Å². The molecule has 0 radical (unpaired) electrons. The number of piperidine rings is 2. The van der Waals surface area contributed by atoms with E-state index in [1.54, 1.807) is 6.07 Å². The number of Topliss-reactive ketones (excluding diaryl/α,β-unsaturated/α-hetero) is 1. The Morgan fingerprint density at radius 3 is 1.83 bits per heavy atom. The van der Waals surface area contributed by atoms with E-state index in [4.69, 9.17) is 80.4 Å². The largest absolute Gasteiger partial charge is 0.416 e. The molecule has 4 rings (SSSR count). The molecule has 17 heteroatoms. The van der Waals surface area contributed by atoms with Gasteiger partial charge < -0.3 is 20.6 Å². The molecule has 2 fully saturated rings. The number of hydrogen-bond donors (Lipinski definition) is 2. The maximum atomic E-state index is 13.6. The summed E-state index contributed by atoms with van der Waals surface area (Å²) in [6, 6.07) is 6.06. The molecular weight excluding hydrogens is 831 g/mol. The highest BCUT2D eigenvalue weighted by molar-refractivity contribution is 6.69. The van der Waals surface area contributed by atoms with Gasteiger partial charge in [-0.1, -0.05) is 94.2 Å². The number of carbonyl (C=O) groups excluding carboxylic acids is 1. The molecule has 53 heavy (non-hydrogen) atoms. The number of likely N-dealkylation sites (tertiary alicyclic amines) is 2. The minimum Gasteiger partial charge on any atom is -0.313 e. The van der Waals surface area contributed by atoms with E-state index < -0.39 is 60.0 Å². The fourth-order valence-corrected chi connectivity index (χ4v) is 8.37. The summed E-state index contributed by atoms with van der Waals surface area (Å²) < 4.78 is 77.3. The van der Waals surface area contributed by atoms with Crippen LogP contribution in [0.4, 0.5) is 26.3 Å². The monoisotopic (exact) mass is 868 g/mol. The number of benzene rings is 2. The van der Waals surface area contributed by atoms with Crippen LogP contribution in [0.15, 0.2) is 36.4 Å². The third kappa shape index (κ3) is 12.1. The first kappa shape index (κ1) is 44.4. The summed E-state index contributed by atoms with van der Waals surface area (Å²) in [5.74, 6) is -0.960. The van der Waals surface area contributed by atoms with Gasteiger partial charge in [-0.2, -0.15) is 26.3 Å². The SMILES string of the molecule is N=CCC[C@](CCN1CCC(N2CCCCC2)CC1)(CC(=N)C(=O)Cc1cc(C(F)(F)F)cc(C(F)(F)F)c1)c1ccc(C(Cl)(Cl)Cl)c(C(Cl)(Cl)Cl)c1. The summed E-state index contributed by atoms with van der Waals surface area (Å²) in [5.41, 5.74) is -4.65. The Hall–Kier alpha value is -1.31. The zero-order chi connectivity index (χ0) is 39.4. The fourth-order valence-electron chi connectivity index (χ4n) is 7.41. The molecule has 2 aromatic rings. The third-order valence-corrected chi connectivity index (χ3v) is 11.5. The maximum Gasteiger partial charge on any atom is 0.416 e. The Bertz CT molecular complexity index is 1580. The predicted octanol–water partition coefficient (Wildman–Crippen LogP) is 11.6. The van der Waals surface area contributed by atoms with Crippen molar-refractivity contribution in [3.63, 3.8) is 0 Å². The number of nitrogens with zero attached hydrogens (tertiary/aromatic N) is 2. The Balaban J connectivity index is 1.69. The van der Waals surface area contributed by atoms with Gasteiger partial charge in [0.15, 0.2) is 5.78 Å². The predicted molar refractivity (Wildman–Crippen MR) is 202 cm³/mol. The van der Waals surface area contributed by atoms with Gasteiger partial charge in [-0.3, -0.25) is 4.79 Å². The van der Waals surface area contributed by atoms with E-state index in [-0.39, 0.29) is 36.5 Å². The van der Waals surface area contributed by atoms with E-state index in [1.807, 2.05) is 0 Å². The molecule has 0 amide bonds. The van der Waals surface area contributed by atoms with Crippen molar-refractivity contribution in [3.05, 3.63) is 69.8 Å². The highest BCUT2D eigenvalue weighted by Crippen LogP contribution is 2.50. The van der Waals surface area contributed by atoms with Crippen molar-refractivity contribution in [1.29, 1.82) is 10.8 Å². The number of alkyl halides is 12. The first-order chi connectivity index (χ1) is 24.5. The first-order valence-corrected chi connectivity index (χ1v) is 19.4. The van der Waals surface area contributed by atoms with Crippen LogP contribution >= 0.6 is 69.6 Å². The van der Waals surface area contributed by atoms with Gasteiger partial charge in [-0.15, -0.1) is 0 Å². The molecule has 0 aromatic heterocycles. The lowest BCUT2D eigenvalue weighted by Crippen LogP contribution is -2.47. The minimum atomic E-state index is -5.10.